The molecule has 6 nitrogen and oxygen atoms in total. The topological polar surface area (TPSA) is 70.1 Å². The van der Waals surface area contributed by atoms with E-state index in [4.69, 9.17) is 9.84 Å². The molecule has 0 aromatic heterocycles. The van der Waals surface area contributed by atoms with Gasteiger partial charge >= 0.3 is 12.2 Å². The van der Waals surface area contributed by atoms with Gasteiger partial charge in [-0.1, -0.05) is 0 Å². The Hall–Kier alpha value is -1.46. The van der Waals surface area contributed by atoms with Gasteiger partial charge in [-0.25, -0.2) is 9.59 Å². The molecule has 0 aromatic carbocycles. The lowest BCUT2D eigenvalue weighted by Crippen LogP contribution is -2.31. The van der Waals surface area contributed by atoms with Gasteiger partial charge in [0.15, 0.2) is 0 Å². The van der Waals surface area contributed by atoms with E-state index in [0.29, 0.717) is 37.5 Å². The summed E-state index contributed by atoms with van der Waals surface area (Å²) >= 11 is 0. The number of hydrogen-bond donors (Lipinski definition) is 1. The third kappa shape index (κ3) is 1.91. The quantitative estimate of drug-likeness (QED) is 0.749. The predicted molar refractivity (Wildman–Crippen MR) is 55.1 cm³/mol. The summed E-state index contributed by atoms with van der Waals surface area (Å²) in [4.78, 5) is 24.7. The maximum Gasteiger partial charge on any atom is 0.409 e. The molecule has 1 aliphatic heterocycles. The first-order valence-electron chi connectivity index (χ1n) is 5.32. The minimum absolute atomic E-state index is 0.333. The highest BCUT2D eigenvalue weighted by Gasteiger charge is 2.57. The highest BCUT2D eigenvalue weighted by Crippen LogP contribution is 2.51. The van der Waals surface area contributed by atoms with Crippen LogP contribution in [0, 0.1) is 17.8 Å². The van der Waals surface area contributed by atoms with Gasteiger partial charge in [0.1, 0.15) is 0 Å². The average molecular weight is 228 g/mol. The van der Waals surface area contributed by atoms with Gasteiger partial charge in [-0.05, 0) is 11.8 Å². The molecule has 2 fully saturated rings. The zero-order valence-corrected chi connectivity index (χ0v) is 9.42. The predicted octanol–water partition coefficient (Wildman–Crippen LogP) is 0.540. The first-order valence-corrected chi connectivity index (χ1v) is 5.32. The highest BCUT2D eigenvalue weighted by molar-refractivity contribution is 5.67. The SMILES string of the molecule is CN(C)C(=O)OCC1[C@H]2CN(C(=O)O)C[C@@H]12. The molecule has 1 N–H and O–H groups in total. The van der Waals surface area contributed by atoms with E-state index in [1.54, 1.807) is 14.1 Å². The van der Waals surface area contributed by atoms with E-state index < -0.39 is 6.09 Å². The zero-order chi connectivity index (χ0) is 11.9. The molecule has 0 spiro atoms. The average Bonchev–Trinajstić information content (AvgIpc) is 2.68. The van der Waals surface area contributed by atoms with Crippen molar-refractivity contribution >= 4 is 12.2 Å². The Morgan fingerprint density at radius 1 is 1.38 bits per heavy atom. The second-order valence-electron chi connectivity index (χ2n) is 4.65. The molecule has 1 saturated carbocycles. The van der Waals surface area contributed by atoms with Crippen molar-refractivity contribution in [2.24, 2.45) is 17.8 Å². The molecule has 2 rings (SSSR count). The fraction of sp³-hybridized carbons (Fsp3) is 0.800. The first kappa shape index (κ1) is 11.0. The van der Waals surface area contributed by atoms with E-state index in [0.717, 1.165) is 0 Å². The third-order valence-electron chi connectivity index (χ3n) is 3.41. The molecule has 6 heteroatoms. The maximum absolute atomic E-state index is 11.2. The minimum Gasteiger partial charge on any atom is -0.465 e. The van der Waals surface area contributed by atoms with E-state index in [1.165, 1.54) is 9.80 Å². The number of fused-ring (bicyclic) bond motifs is 1. The van der Waals surface area contributed by atoms with Crippen molar-refractivity contribution in [1.82, 2.24) is 9.80 Å². The Balaban J connectivity index is 1.71. The number of carbonyl (C=O) groups is 2. The summed E-state index contributed by atoms with van der Waals surface area (Å²) in [6, 6.07) is 0. The molecule has 1 saturated heterocycles. The number of hydrogen-bond acceptors (Lipinski definition) is 3. The van der Waals surface area contributed by atoms with Crippen LogP contribution >= 0.6 is 0 Å². The number of nitrogens with zero attached hydrogens (tertiary/aromatic N) is 2. The van der Waals surface area contributed by atoms with E-state index in [2.05, 4.69) is 0 Å². The number of rotatable bonds is 2. The van der Waals surface area contributed by atoms with Crippen LogP contribution in [-0.4, -0.2) is 60.9 Å². The summed E-state index contributed by atoms with van der Waals surface area (Å²) in [5.41, 5.74) is 0. The van der Waals surface area contributed by atoms with Crippen LogP contribution in [-0.2, 0) is 4.74 Å². The zero-order valence-electron chi connectivity index (χ0n) is 9.42. The standard InChI is InChI=1S/C10H16N2O4/c1-11(2)10(15)16-5-8-6-3-12(9(13)14)4-7(6)8/h6-8H,3-5H2,1-2H3,(H,13,14)/t6-,7+,8?. The first-order chi connectivity index (χ1) is 7.50. The van der Waals surface area contributed by atoms with Gasteiger partial charge in [0, 0.05) is 33.1 Å². The largest absolute Gasteiger partial charge is 0.465 e. The summed E-state index contributed by atoms with van der Waals surface area (Å²) < 4.78 is 5.08. The van der Waals surface area contributed by atoms with Crippen molar-refractivity contribution in [1.29, 1.82) is 0 Å². The Labute approximate surface area is 93.8 Å². The third-order valence-corrected chi connectivity index (χ3v) is 3.41. The maximum atomic E-state index is 11.2. The molecule has 1 unspecified atom stereocenters. The fourth-order valence-electron chi connectivity index (χ4n) is 2.35. The molecule has 90 valence electrons. The molecule has 0 radical (unpaired) electrons. The monoisotopic (exact) mass is 228 g/mol. The van der Waals surface area contributed by atoms with Gasteiger partial charge in [0.25, 0.3) is 0 Å². The Morgan fingerprint density at radius 2 is 1.94 bits per heavy atom. The van der Waals surface area contributed by atoms with E-state index in [9.17, 15) is 9.59 Å². The lowest BCUT2D eigenvalue weighted by Gasteiger charge is -2.16. The summed E-state index contributed by atoms with van der Waals surface area (Å²) in [5.74, 6) is 1.15. The molecule has 1 aliphatic carbocycles. The molecule has 1 heterocycles. The summed E-state index contributed by atoms with van der Waals surface area (Å²) in [6.45, 7) is 1.59. The van der Waals surface area contributed by atoms with Crippen molar-refractivity contribution < 1.29 is 19.4 Å². The number of carboxylic acid groups (broad SMARTS) is 1. The fourth-order valence-corrected chi connectivity index (χ4v) is 2.35. The Kier molecular flexibility index (Phi) is 2.65. The van der Waals surface area contributed by atoms with Crippen molar-refractivity contribution in [2.75, 3.05) is 33.8 Å². The summed E-state index contributed by atoms with van der Waals surface area (Å²) in [6.07, 6.45) is -1.18. The van der Waals surface area contributed by atoms with Crippen molar-refractivity contribution in [3.8, 4) is 0 Å². The van der Waals surface area contributed by atoms with Crippen LogP contribution in [0.5, 0.6) is 0 Å². The Morgan fingerprint density at radius 3 is 2.38 bits per heavy atom. The summed E-state index contributed by atoms with van der Waals surface area (Å²) in [5, 5.41) is 8.76. The van der Waals surface area contributed by atoms with Crippen LogP contribution in [0.3, 0.4) is 0 Å². The van der Waals surface area contributed by atoms with E-state index >= 15 is 0 Å². The van der Waals surface area contributed by atoms with Crippen LogP contribution in [0.25, 0.3) is 0 Å². The molecule has 16 heavy (non-hydrogen) atoms. The molecule has 0 aromatic rings. The number of carbonyl (C=O) groups excluding carboxylic acids is 1. The van der Waals surface area contributed by atoms with Gasteiger partial charge in [-0.2, -0.15) is 0 Å². The lowest BCUT2D eigenvalue weighted by molar-refractivity contribution is 0.105. The smallest absolute Gasteiger partial charge is 0.409 e. The van der Waals surface area contributed by atoms with Gasteiger partial charge in [-0.15, -0.1) is 0 Å². The molecular weight excluding hydrogens is 212 g/mol. The molecule has 0 bridgehead atoms. The van der Waals surface area contributed by atoms with Gasteiger partial charge < -0.3 is 19.6 Å². The minimum atomic E-state index is -0.851. The number of piperidine rings is 1. The lowest BCUT2D eigenvalue weighted by atomic mass is 10.3. The van der Waals surface area contributed by atoms with E-state index in [-0.39, 0.29) is 6.09 Å². The normalized spacial score (nSPS) is 30.9. The van der Waals surface area contributed by atoms with Crippen LogP contribution in [0.1, 0.15) is 0 Å². The van der Waals surface area contributed by atoms with Crippen LogP contribution in [0.2, 0.25) is 0 Å². The highest BCUT2D eigenvalue weighted by atomic mass is 16.6. The van der Waals surface area contributed by atoms with Crippen LogP contribution in [0.4, 0.5) is 9.59 Å². The van der Waals surface area contributed by atoms with Crippen LogP contribution < -0.4 is 0 Å². The Bertz CT molecular complexity index is 306. The summed E-state index contributed by atoms with van der Waals surface area (Å²) in [7, 11) is 3.28. The van der Waals surface area contributed by atoms with Gasteiger partial charge in [0.2, 0.25) is 0 Å². The van der Waals surface area contributed by atoms with Crippen molar-refractivity contribution in [2.45, 2.75) is 0 Å². The second-order valence-corrected chi connectivity index (χ2v) is 4.65. The number of ether oxygens (including phenoxy) is 1. The molecule has 2 aliphatic rings. The second kappa shape index (κ2) is 3.84. The number of likely N-dealkylation sites (tertiary alicyclic amines) is 1. The van der Waals surface area contributed by atoms with Gasteiger partial charge in [0.05, 0.1) is 6.61 Å². The van der Waals surface area contributed by atoms with Crippen molar-refractivity contribution in [3.63, 3.8) is 0 Å². The molecule has 2 amide bonds. The number of amides is 2. The van der Waals surface area contributed by atoms with Gasteiger partial charge in [-0.3, -0.25) is 0 Å². The van der Waals surface area contributed by atoms with Crippen LogP contribution in [0.15, 0.2) is 0 Å². The van der Waals surface area contributed by atoms with Crippen molar-refractivity contribution in [3.05, 3.63) is 0 Å². The van der Waals surface area contributed by atoms with E-state index in [1.807, 2.05) is 0 Å². The molecular formula is C10H16N2O4. The molecule has 3 atom stereocenters.